The molecule has 2 aromatic carbocycles. The topological polar surface area (TPSA) is 0 Å². The van der Waals surface area contributed by atoms with E-state index in [9.17, 15) is 0 Å². The highest BCUT2D eigenvalue weighted by Gasteiger charge is 1.95. The molecule has 0 unspecified atom stereocenters. The lowest BCUT2D eigenvalue weighted by atomic mass is 10.2. The molecule has 4 rings (SSSR count). The fourth-order valence-corrected chi connectivity index (χ4v) is 4.07. The van der Waals surface area contributed by atoms with Gasteiger partial charge in [-0.1, -0.05) is 64.1 Å². The van der Waals surface area contributed by atoms with Gasteiger partial charge in [0.2, 0.25) is 0 Å². The summed E-state index contributed by atoms with van der Waals surface area (Å²) in [6.07, 6.45) is 0. The van der Waals surface area contributed by atoms with Gasteiger partial charge in [0.1, 0.15) is 0 Å². The van der Waals surface area contributed by atoms with Crippen LogP contribution < -0.4 is 0 Å². The molecule has 0 nitrogen and oxygen atoms in total. The van der Waals surface area contributed by atoms with Crippen LogP contribution in [0.25, 0.3) is 20.2 Å². The molecule has 0 aliphatic heterocycles. The minimum atomic E-state index is 1.37. The normalized spacial score (nSPS) is 9.25. The molecule has 0 aliphatic rings. The second-order valence-corrected chi connectivity index (χ2v) is 6.66. The van der Waals surface area contributed by atoms with Crippen molar-refractivity contribution in [1.82, 2.24) is 0 Å². The van der Waals surface area contributed by atoms with Crippen LogP contribution >= 0.6 is 22.7 Å². The standard InChI is InChI=1S/2C9H8S.2C2H6/c1-7-3-2-4-8-5-6-10-9(7)8;1-7-6-10-9-5-3-2-4-8(7)9;2*1-2/h2*2-6H,1H3;2*1-2H3. The van der Waals surface area contributed by atoms with E-state index in [1.54, 1.807) is 0 Å². The number of hydrogen-bond acceptors (Lipinski definition) is 2. The second-order valence-electron chi connectivity index (χ2n) is 4.83. The van der Waals surface area contributed by atoms with E-state index in [1.807, 2.05) is 50.4 Å². The van der Waals surface area contributed by atoms with E-state index >= 15 is 0 Å². The molecule has 2 heterocycles. The van der Waals surface area contributed by atoms with Crippen LogP contribution in [0, 0.1) is 13.8 Å². The molecule has 128 valence electrons. The molecule has 4 aromatic rings. The zero-order chi connectivity index (χ0) is 17.9. The molecule has 24 heavy (non-hydrogen) atoms. The molecule has 0 bridgehead atoms. The van der Waals surface area contributed by atoms with Crippen molar-refractivity contribution >= 4 is 42.8 Å². The second kappa shape index (κ2) is 11.0. The predicted octanol–water partition coefficient (Wildman–Crippen LogP) is 8.47. The molecule has 0 spiro atoms. The van der Waals surface area contributed by atoms with Crippen LogP contribution in [-0.2, 0) is 0 Å². The van der Waals surface area contributed by atoms with Crippen LogP contribution in [0.4, 0.5) is 0 Å². The summed E-state index contributed by atoms with van der Waals surface area (Å²) in [5.41, 5.74) is 2.77. The quantitative estimate of drug-likeness (QED) is 0.296. The molecule has 0 N–H and O–H groups in total. The first-order chi connectivity index (χ1) is 11.8. The van der Waals surface area contributed by atoms with Crippen LogP contribution in [0.3, 0.4) is 0 Å². The minimum Gasteiger partial charge on any atom is -0.144 e. The number of hydrogen-bond donors (Lipinski definition) is 0. The largest absolute Gasteiger partial charge is 0.144 e. The van der Waals surface area contributed by atoms with Gasteiger partial charge in [0, 0.05) is 9.40 Å². The molecular formula is C22H28S2. The van der Waals surface area contributed by atoms with Gasteiger partial charge in [-0.25, -0.2) is 0 Å². The molecule has 0 saturated heterocycles. The first-order valence-electron chi connectivity index (χ1n) is 8.61. The number of thiophene rings is 2. The van der Waals surface area contributed by atoms with Crippen LogP contribution in [-0.4, -0.2) is 0 Å². The van der Waals surface area contributed by atoms with E-state index in [1.165, 1.54) is 31.3 Å². The number of fused-ring (bicyclic) bond motifs is 2. The van der Waals surface area contributed by atoms with Gasteiger partial charge in [0.05, 0.1) is 0 Å². The van der Waals surface area contributed by atoms with Gasteiger partial charge < -0.3 is 0 Å². The zero-order valence-corrected chi connectivity index (χ0v) is 17.2. The lowest BCUT2D eigenvalue weighted by molar-refractivity contribution is 1.50. The summed E-state index contributed by atoms with van der Waals surface area (Å²) in [5.74, 6) is 0. The van der Waals surface area contributed by atoms with Crippen molar-refractivity contribution in [2.24, 2.45) is 0 Å². The molecule has 0 aliphatic carbocycles. The van der Waals surface area contributed by atoms with Crippen LogP contribution in [0.5, 0.6) is 0 Å². The van der Waals surface area contributed by atoms with Crippen LogP contribution in [0.2, 0.25) is 0 Å². The maximum atomic E-state index is 2.20. The minimum absolute atomic E-state index is 1.37. The lowest BCUT2D eigenvalue weighted by Gasteiger charge is -1.91. The molecule has 0 amide bonds. The average Bonchev–Trinajstić information content (AvgIpc) is 3.28. The summed E-state index contributed by atoms with van der Waals surface area (Å²) in [5, 5.41) is 7.10. The maximum absolute atomic E-state index is 2.20. The van der Waals surface area contributed by atoms with Crippen LogP contribution in [0.1, 0.15) is 38.8 Å². The van der Waals surface area contributed by atoms with E-state index in [0.717, 1.165) is 0 Å². The first kappa shape index (κ1) is 20.4. The molecule has 0 atom stereocenters. The summed E-state index contributed by atoms with van der Waals surface area (Å²) >= 11 is 3.63. The Morgan fingerprint density at radius 1 is 0.667 bits per heavy atom. The van der Waals surface area contributed by atoms with Gasteiger partial charge in [-0.05, 0) is 58.6 Å². The lowest BCUT2D eigenvalue weighted by Crippen LogP contribution is -1.67. The molecular weight excluding hydrogens is 328 g/mol. The Bertz CT molecular complexity index is 831. The van der Waals surface area contributed by atoms with Gasteiger partial charge in [0.15, 0.2) is 0 Å². The van der Waals surface area contributed by atoms with Gasteiger partial charge in [-0.15, -0.1) is 22.7 Å². The Morgan fingerprint density at radius 2 is 1.38 bits per heavy atom. The monoisotopic (exact) mass is 356 g/mol. The Morgan fingerprint density at radius 3 is 2.04 bits per heavy atom. The third kappa shape index (κ3) is 5.19. The van der Waals surface area contributed by atoms with Crippen molar-refractivity contribution in [2.75, 3.05) is 0 Å². The van der Waals surface area contributed by atoms with Gasteiger partial charge in [-0.2, -0.15) is 0 Å². The van der Waals surface area contributed by atoms with E-state index < -0.39 is 0 Å². The van der Waals surface area contributed by atoms with Crippen molar-refractivity contribution in [1.29, 1.82) is 0 Å². The Labute approximate surface area is 154 Å². The summed E-state index contributed by atoms with van der Waals surface area (Å²) in [4.78, 5) is 0. The van der Waals surface area contributed by atoms with E-state index in [0.29, 0.717) is 0 Å². The average molecular weight is 357 g/mol. The summed E-state index contributed by atoms with van der Waals surface area (Å²) in [6.45, 7) is 12.3. The van der Waals surface area contributed by atoms with Gasteiger partial charge in [0.25, 0.3) is 0 Å². The third-order valence-electron chi connectivity index (χ3n) is 3.35. The van der Waals surface area contributed by atoms with Gasteiger partial charge >= 0.3 is 0 Å². The SMILES string of the molecule is CC.CC.Cc1cccc2ccsc12.Cc1csc2ccccc12. The number of rotatable bonds is 0. The fraction of sp³-hybridized carbons (Fsp3) is 0.273. The molecule has 2 aromatic heterocycles. The van der Waals surface area contributed by atoms with E-state index in [2.05, 4.69) is 73.1 Å². The van der Waals surface area contributed by atoms with Crippen molar-refractivity contribution in [3.05, 3.63) is 70.4 Å². The highest BCUT2D eigenvalue weighted by atomic mass is 32.1. The Kier molecular flexibility index (Phi) is 9.36. The van der Waals surface area contributed by atoms with Crippen molar-refractivity contribution in [3.8, 4) is 0 Å². The third-order valence-corrected chi connectivity index (χ3v) is 5.50. The van der Waals surface area contributed by atoms with Crippen LogP contribution in [0.15, 0.2) is 59.3 Å². The van der Waals surface area contributed by atoms with E-state index in [4.69, 9.17) is 0 Å². The zero-order valence-electron chi connectivity index (χ0n) is 15.6. The molecule has 0 fully saturated rings. The van der Waals surface area contributed by atoms with Crippen molar-refractivity contribution < 1.29 is 0 Å². The molecule has 2 heteroatoms. The highest BCUT2D eigenvalue weighted by Crippen LogP contribution is 2.24. The Hall–Kier alpha value is -1.64. The Balaban J connectivity index is 0.000000199. The molecule has 0 saturated carbocycles. The first-order valence-corrected chi connectivity index (χ1v) is 10.4. The highest BCUT2D eigenvalue weighted by molar-refractivity contribution is 7.17. The maximum Gasteiger partial charge on any atom is 0.0371 e. The van der Waals surface area contributed by atoms with Gasteiger partial charge in [-0.3, -0.25) is 0 Å². The predicted molar refractivity (Wildman–Crippen MR) is 116 cm³/mol. The van der Waals surface area contributed by atoms with Crippen molar-refractivity contribution in [2.45, 2.75) is 41.5 Å². The molecule has 0 radical (unpaired) electrons. The van der Waals surface area contributed by atoms with Crippen molar-refractivity contribution in [3.63, 3.8) is 0 Å². The summed E-state index contributed by atoms with van der Waals surface area (Å²) in [6, 6.07) is 17.1. The van der Waals surface area contributed by atoms with E-state index in [-0.39, 0.29) is 0 Å². The number of aryl methyl sites for hydroxylation is 2. The smallest absolute Gasteiger partial charge is 0.0371 e. The summed E-state index contributed by atoms with van der Waals surface area (Å²) < 4.78 is 2.81. The summed E-state index contributed by atoms with van der Waals surface area (Å²) in [7, 11) is 0. The fourth-order valence-electron chi connectivity index (χ4n) is 2.25. The number of benzene rings is 2.